The third-order valence-electron chi connectivity index (χ3n) is 3.70. The van der Waals surface area contributed by atoms with Gasteiger partial charge in [-0.1, -0.05) is 29.3 Å². The van der Waals surface area contributed by atoms with E-state index in [2.05, 4.69) is 16.4 Å². The van der Waals surface area contributed by atoms with Gasteiger partial charge in [-0.25, -0.2) is 4.99 Å². The van der Waals surface area contributed by atoms with E-state index in [4.69, 9.17) is 27.9 Å². The number of halogens is 2. The number of hydrogen-bond donors (Lipinski definition) is 1. The largest absolute Gasteiger partial charge is 0.496 e. The van der Waals surface area contributed by atoms with E-state index in [1.165, 1.54) is 0 Å². The summed E-state index contributed by atoms with van der Waals surface area (Å²) in [4.78, 5) is 8.16. The predicted octanol–water partition coefficient (Wildman–Crippen LogP) is 4.90. The predicted molar refractivity (Wildman–Crippen MR) is 113 cm³/mol. The van der Waals surface area contributed by atoms with E-state index < -0.39 is 0 Å². The van der Waals surface area contributed by atoms with Crippen molar-refractivity contribution in [2.75, 3.05) is 45.5 Å². The molecule has 5 nitrogen and oxygen atoms in total. The van der Waals surface area contributed by atoms with Gasteiger partial charge in [0.05, 0.1) is 23.5 Å². The van der Waals surface area contributed by atoms with Gasteiger partial charge in [0.25, 0.3) is 0 Å². The molecule has 0 aromatic heterocycles. The van der Waals surface area contributed by atoms with Crippen molar-refractivity contribution in [3.63, 3.8) is 0 Å². The molecule has 0 radical (unpaired) electrons. The summed E-state index contributed by atoms with van der Waals surface area (Å²) in [7, 11) is 9.43. The second-order valence-electron chi connectivity index (χ2n) is 6.24. The van der Waals surface area contributed by atoms with Gasteiger partial charge in [0, 0.05) is 57.7 Å². The Morgan fingerprint density at radius 2 is 1.73 bits per heavy atom. The maximum atomic E-state index is 6.33. The average molecular weight is 395 g/mol. The van der Waals surface area contributed by atoms with Gasteiger partial charge in [0.15, 0.2) is 0 Å². The summed E-state index contributed by atoms with van der Waals surface area (Å²) in [5.74, 6) is 0.827. The first-order valence-corrected chi connectivity index (χ1v) is 8.85. The van der Waals surface area contributed by atoms with Crippen LogP contribution in [0.5, 0.6) is 5.75 Å². The first-order valence-electron chi connectivity index (χ1n) is 8.09. The first-order chi connectivity index (χ1) is 12.3. The summed E-state index contributed by atoms with van der Waals surface area (Å²) >= 11 is 12.7. The molecule has 0 aliphatic carbocycles. The Bertz CT molecular complexity index is 768. The molecule has 2 aromatic rings. The van der Waals surface area contributed by atoms with Crippen LogP contribution in [0, 0.1) is 0 Å². The molecule has 2 rings (SSSR count). The van der Waals surface area contributed by atoms with Crippen molar-refractivity contribution in [2.45, 2.75) is 6.54 Å². The summed E-state index contributed by atoms with van der Waals surface area (Å²) in [5, 5.41) is 4.32. The monoisotopic (exact) mass is 394 g/mol. The van der Waals surface area contributed by atoms with Crippen molar-refractivity contribution in [1.82, 2.24) is 4.90 Å². The van der Waals surface area contributed by atoms with Gasteiger partial charge in [0.1, 0.15) is 11.4 Å². The van der Waals surface area contributed by atoms with Gasteiger partial charge in [0.2, 0.25) is 0 Å². The highest BCUT2D eigenvalue weighted by Gasteiger charge is 2.09. The molecule has 0 atom stereocenters. The van der Waals surface area contributed by atoms with E-state index >= 15 is 0 Å². The molecule has 0 saturated carbocycles. The number of aliphatic imine (C=N–C) groups is 1. The third-order valence-corrected chi connectivity index (χ3v) is 4.28. The Kier molecular flexibility index (Phi) is 7.00. The number of anilines is 2. The second-order valence-corrected chi connectivity index (χ2v) is 7.06. The van der Waals surface area contributed by atoms with Gasteiger partial charge >= 0.3 is 0 Å². The molecule has 0 heterocycles. The number of nitrogens with zero attached hydrogens (tertiary/aromatic N) is 3. The fourth-order valence-corrected chi connectivity index (χ4v) is 2.90. The second kappa shape index (κ2) is 9.01. The van der Waals surface area contributed by atoms with Crippen LogP contribution in [0.3, 0.4) is 0 Å². The standard InChI is InChI=1S/C19H24Cl2N4O/c1-24(2)12-23-19-16(20)8-14(9-17(19)21)22-11-13-6-7-15(25(3)4)10-18(13)26-5/h6-10,12,22H,11H2,1-5H3. The highest BCUT2D eigenvalue weighted by atomic mass is 35.5. The SMILES string of the molecule is COc1cc(N(C)C)ccc1CNc1cc(Cl)c(N=CN(C)C)c(Cl)c1. The van der Waals surface area contributed by atoms with Gasteiger partial charge in [-0.3, -0.25) is 0 Å². The van der Waals surface area contributed by atoms with Gasteiger partial charge < -0.3 is 19.9 Å². The lowest BCUT2D eigenvalue weighted by atomic mass is 10.1. The van der Waals surface area contributed by atoms with Crippen molar-refractivity contribution in [2.24, 2.45) is 4.99 Å². The minimum absolute atomic E-state index is 0.494. The number of hydrogen-bond acceptors (Lipinski definition) is 4. The molecule has 140 valence electrons. The molecule has 0 bridgehead atoms. The molecule has 0 saturated heterocycles. The Morgan fingerprint density at radius 1 is 1.08 bits per heavy atom. The van der Waals surface area contributed by atoms with Crippen molar-refractivity contribution < 1.29 is 4.74 Å². The molecular weight excluding hydrogens is 371 g/mol. The van der Waals surface area contributed by atoms with Crippen LogP contribution in [0.2, 0.25) is 10.0 Å². The summed E-state index contributed by atoms with van der Waals surface area (Å²) in [6, 6.07) is 9.74. The molecule has 0 aliphatic heterocycles. The third kappa shape index (κ3) is 5.19. The quantitative estimate of drug-likeness (QED) is 0.535. The van der Waals surface area contributed by atoms with Gasteiger partial charge in [-0.05, 0) is 18.2 Å². The molecule has 26 heavy (non-hydrogen) atoms. The molecule has 0 spiro atoms. The average Bonchev–Trinajstić information content (AvgIpc) is 2.58. The van der Waals surface area contributed by atoms with E-state index in [1.54, 1.807) is 13.4 Å². The lowest BCUT2D eigenvalue weighted by molar-refractivity contribution is 0.410. The van der Waals surface area contributed by atoms with Gasteiger partial charge in [-0.2, -0.15) is 0 Å². The molecule has 0 unspecified atom stereocenters. The zero-order valence-electron chi connectivity index (χ0n) is 15.7. The lowest BCUT2D eigenvalue weighted by Crippen LogP contribution is -2.09. The van der Waals surface area contributed by atoms with E-state index in [1.807, 2.05) is 62.3 Å². The molecule has 0 fully saturated rings. The van der Waals surface area contributed by atoms with E-state index in [0.29, 0.717) is 22.3 Å². The van der Waals surface area contributed by atoms with Crippen molar-refractivity contribution in [3.05, 3.63) is 45.9 Å². The van der Waals surface area contributed by atoms with Crippen LogP contribution in [0.15, 0.2) is 35.3 Å². The summed E-state index contributed by atoms with van der Waals surface area (Å²) in [5.41, 5.74) is 3.50. The van der Waals surface area contributed by atoms with Crippen LogP contribution in [-0.4, -0.2) is 46.5 Å². The van der Waals surface area contributed by atoms with E-state index in [9.17, 15) is 0 Å². The van der Waals surface area contributed by atoms with Crippen LogP contribution < -0.4 is 15.0 Å². The lowest BCUT2D eigenvalue weighted by Gasteiger charge is -2.17. The minimum atomic E-state index is 0.494. The Hall–Kier alpha value is -2.11. The fourth-order valence-electron chi connectivity index (χ4n) is 2.32. The van der Waals surface area contributed by atoms with Crippen LogP contribution in [0.4, 0.5) is 17.1 Å². The highest BCUT2D eigenvalue weighted by Crippen LogP contribution is 2.36. The molecule has 0 amide bonds. The van der Waals surface area contributed by atoms with E-state index in [-0.39, 0.29) is 0 Å². The number of rotatable bonds is 7. The maximum Gasteiger partial charge on any atom is 0.125 e. The van der Waals surface area contributed by atoms with Crippen LogP contribution in [-0.2, 0) is 6.54 Å². The zero-order chi connectivity index (χ0) is 19.3. The summed E-state index contributed by atoms with van der Waals surface area (Å²) in [6.45, 7) is 0.587. The molecule has 7 heteroatoms. The summed E-state index contributed by atoms with van der Waals surface area (Å²) in [6.07, 6.45) is 1.66. The van der Waals surface area contributed by atoms with Crippen molar-refractivity contribution in [3.8, 4) is 5.75 Å². The Labute approximate surface area is 165 Å². The van der Waals surface area contributed by atoms with Gasteiger partial charge in [-0.15, -0.1) is 0 Å². The van der Waals surface area contributed by atoms with Crippen LogP contribution in [0.25, 0.3) is 0 Å². The molecular formula is C19H24Cl2N4O. The highest BCUT2D eigenvalue weighted by molar-refractivity contribution is 6.39. The Morgan fingerprint density at radius 3 is 2.27 bits per heavy atom. The minimum Gasteiger partial charge on any atom is -0.496 e. The van der Waals surface area contributed by atoms with Crippen LogP contribution >= 0.6 is 23.2 Å². The van der Waals surface area contributed by atoms with Crippen molar-refractivity contribution >= 4 is 46.6 Å². The smallest absolute Gasteiger partial charge is 0.125 e. The molecule has 2 aromatic carbocycles. The molecule has 1 N–H and O–H groups in total. The number of methoxy groups -OCH3 is 1. The topological polar surface area (TPSA) is 40.1 Å². The number of benzene rings is 2. The zero-order valence-corrected chi connectivity index (χ0v) is 17.2. The number of nitrogens with one attached hydrogen (secondary N) is 1. The maximum absolute atomic E-state index is 6.33. The molecule has 0 aliphatic rings. The van der Waals surface area contributed by atoms with Crippen molar-refractivity contribution in [1.29, 1.82) is 0 Å². The van der Waals surface area contributed by atoms with E-state index in [0.717, 1.165) is 22.7 Å². The number of ether oxygens (including phenoxy) is 1. The first kappa shape index (κ1) is 20.2. The summed E-state index contributed by atoms with van der Waals surface area (Å²) < 4.78 is 5.50. The Balaban J connectivity index is 2.17. The van der Waals surface area contributed by atoms with Crippen LogP contribution in [0.1, 0.15) is 5.56 Å². The normalized spacial score (nSPS) is 10.9. The fraction of sp³-hybridized carbons (Fsp3) is 0.316.